The Morgan fingerprint density at radius 1 is 1.11 bits per heavy atom. The lowest BCUT2D eigenvalue weighted by atomic mass is 10.2. The fourth-order valence-corrected chi connectivity index (χ4v) is 1.90. The number of halogens is 1. The molecule has 0 aliphatic carbocycles. The summed E-state index contributed by atoms with van der Waals surface area (Å²) in [5, 5.41) is 14.1. The predicted molar refractivity (Wildman–Crippen MR) is 73.7 cm³/mol. The molecule has 0 spiro atoms. The fraction of sp³-hybridized carbons (Fsp3) is 0. The minimum atomic E-state index is 0.0973. The summed E-state index contributed by atoms with van der Waals surface area (Å²) >= 11 is 5.91. The smallest absolute Gasteiger partial charge is 0.164 e. The molecule has 3 rings (SSSR count). The molecule has 0 aliphatic heterocycles. The largest absolute Gasteiger partial charge is 0.506 e. The maximum Gasteiger partial charge on any atom is 0.164 e. The first kappa shape index (κ1) is 11.7. The molecule has 0 aliphatic rings. The van der Waals surface area contributed by atoms with Crippen LogP contribution in [0.1, 0.15) is 0 Å². The predicted octanol–water partition coefficient (Wildman–Crippen LogP) is 3.13. The molecule has 6 heteroatoms. The van der Waals surface area contributed by atoms with Crippen molar-refractivity contribution >= 4 is 34.1 Å². The van der Waals surface area contributed by atoms with Gasteiger partial charge in [-0.05, 0) is 30.3 Å². The van der Waals surface area contributed by atoms with Gasteiger partial charge in [-0.3, -0.25) is 0 Å². The Kier molecular flexibility index (Phi) is 2.89. The van der Waals surface area contributed by atoms with E-state index < -0.39 is 0 Å². The standard InChI is InChI=1S/C13H9ClN4O/c14-8-3-4-11(19)10(6-8)18-13-9-2-1-5-15-12(9)16-7-17-13/h1-7,19H,(H,15,16,17,18). The molecular formula is C13H9ClN4O. The third-order valence-corrected chi connectivity index (χ3v) is 2.86. The van der Waals surface area contributed by atoms with Gasteiger partial charge in [0.25, 0.3) is 0 Å². The summed E-state index contributed by atoms with van der Waals surface area (Å²) in [7, 11) is 0. The average Bonchev–Trinajstić information content (AvgIpc) is 2.43. The molecule has 0 atom stereocenters. The van der Waals surface area contributed by atoms with Gasteiger partial charge in [0.2, 0.25) is 0 Å². The third-order valence-electron chi connectivity index (χ3n) is 2.62. The summed E-state index contributed by atoms with van der Waals surface area (Å²) in [5.41, 5.74) is 1.07. The van der Waals surface area contributed by atoms with E-state index in [0.29, 0.717) is 22.2 Å². The summed E-state index contributed by atoms with van der Waals surface area (Å²) in [4.78, 5) is 12.4. The first-order valence-corrected chi connectivity index (χ1v) is 5.93. The lowest BCUT2D eigenvalue weighted by Crippen LogP contribution is -1.97. The molecule has 94 valence electrons. The number of phenolic OH excluding ortho intramolecular Hbond substituents is 1. The number of nitrogens with zero attached hydrogens (tertiary/aromatic N) is 3. The molecule has 19 heavy (non-hydrogen) atoms. The van der Waals surface area contributed by atoms with Crippen molar-refractivity contribution in [3.8, 4) is 5.75 Å². The molecule has 0 saturated heterocycles. The van der Waals surface area contributed by atoms with Gasteiger partial charge in [0, 0.05) is 11.2 Å². The summed E-state index contributed by atoms with van der Waals surface area (Å²) in [6.45, 7) is 0. The van der Waals surface area contributed by atoms with E-state index in [-0.39, 0.29) is 5.75 Å². The first-order chi connectivity index (χ1) is 9.24. The summed E-state index contributed by atoms with van der Waals surface area (Å²) in [5.74, 6) is 0.663. The Labute approximate surface area is 113 Å². The van der Waals surface area contributed by atoms with Crippen molar-refractivity contribution in [1.82, 2.24) is 15.0 Å². The maximum atomic E-state index is 9.79. The Hall–Kier alpha value is -2.40. The Balaban J connectivity index is 2.08. The molecule has 0 saturated carbocycles. The molecule has 0 radical (unpaired) electrons. The van der Waals surface area contributed by atoms with Crippen LogP contribution < -0.4 is 5.32 Å². The van der Waals surface area contributed by atoms with Crippen molar-refractivity contribution in [2.75, 3.05) is 5.32 Å². The number of phenols is 1. The topological polar surface area (TPSA) is 70.9 Å². The molecule has 2 aromatic heterocycles. The number of hydrogen-bond acceptors (Lipinski definition) is 5. The van der Waals surface area contributed by atoms with Crippen LogP contribution in [0.3, 0.4) is 0 Å². The number of nitrogens with one attached hydrogen (secondary N) is 1. The van der Waals surface area contributed by atoms with E-state index in [0.717, 1.165) is 5.39 Å². The van der Waals surface area contributed by atoms with Crippen molar-refractivity contribution in [2.45, 2.75) is 0 Å². The van der Waals surface area contributed by atoms with Crippen LogP contribution in [0.5, 0.6) is 5.75 Å². The van der Waals surface area contributed by atoms with Crippen LogP contribution >= 0.6 is 11.6 Å². The minimum absolute atomic E-state index is 0.0973. The normalized spacial score (nSPS) is 10.6. The van der Waals surface area contributed by atoms with E-state index in [1.807, 2.05) is 6.07 Å². The number of fused-ring (bicyclic) bond motifs is 1. The van der Waals surface area contributed by atoms with Crippen LogP contribution in [0.4, 0.5) is 11.5 Å². The molecule has 1 aromatic carbocycles. The second kappa shape index (κ2) is 4.70. The van der Waals surface area contributed by atoms with Gasteiger partial charge in [-0.1, -0.05) is 11.6 Å². The van der Waals surface area contributed by atoms with E-state index in [4.69, 9.17) is 11.6 Å². The lowest BCUT2D eigenvalue weighted by Gasteiger charge is -2.09. The molecule has 3 aromatic rings. The second-order valence-corrected chi connectivity index (χ2v) is 4.32. The molecule has 2 N–H and O–H groups in total. The zero-order valence-corrected chi connectivity index (χ0v) is 10.5. The van der Waals surface area contributed by atoms with Crippen LogP contribution in [-0.2, 0) is 0 Å². The highest BCUT2D eigenvalue weighted by Gasteiger charge is 2.07. The van der Waals surface area contributed by atoms with Gasteiger partial charge in [-0.15, -0.1) is 0 Å². The number of aromatic nitrogens is 3. The SMILES string of the molecule is Oc1ccc(Cl)cc1Nc1ncnc2ncccc12. The molecule has 2 heterocycles. The van der Waals surface area contributed by atoms with Gasteiger partial charge in [0.1, 0.15) is 17.9 Å². The van der Waals surface area contributed by atoms with Crippen LogP contribution in [0.25, 0.3) is 11.0 Å². The summed E-state index contributed by atoms with van der Waals surface area (Å²) in [6.07, 6.45) is 3.08. The number of pyridine rings is 1. The summed E-state index contributed by atoms with van der Waals surface area (Å²) in [6, 6.07) is 8.41. The number of rotatable bonds is 2. The van der Waals surface area contributed by atoms with Gasteiger partial charge in [0.05, 0.1) is 11.1 Å². The Morgan fingerprint density at radius 3 is 2.89 bits per heavy atom. The highest BCUT2D eigenvalue weighted by Crippen LogP contribution is 2.30. The van der Waals surface area contributed by atoms with Gasteiger partial charge in [-0.2, -0.15) is 0 Å². The van der Waals surface area contributed by atoms with E-state index in [2.05, 4.69) is 20.3 Å². The Morgan fingerprint density at radius 2 is 2.00 bits per heavy atom. The number of aromatic hydroxyl groups is 1. The van der Waals surface area contributed by atoms with E-state index in [9.17, 15) is 5.11 Å². The van der Waals surface area contributed by atoms with E-state index in [1.54, 1.807) is 24.4 Å². The second-order valence-electron chi connectivity index (χ2n) is 3.88. The van der Waals surface area contributed by atoms with Crippen LogP contribution in [0.15, 0.2) is 42.9 Å². The van der Waals surface area contributed by atoms with Crippen molar-refractivity contribution < 1.29 is 5.11 Å². The number of anilines is 2. The van der Waals surface area contributed by atoms with E-state index >= 15 is 0 Å². The molecule has 0 unspecified atom stereocenters. The van der Waals surface area contributed by atoms with Gasteiger partial charge in [-0.25, -0.2) is 15.0 Å². The van der Waals surface area contributed by atoms with Crippen molar-refractivity contribution in [3.05, 3.63) is 47.9 Å². The quantitative estimate of drug-likeness (QED) is 0.701. The minimum Gasteiger partial charge on any atom is -0.506 e. The molecule has 5 nitrogen and oxygen atoms in total. The number of hydrogen-bond donors (Lipinski definition) is 2. The molecule has 0 amide bonds. The molecule has 0 bridgehead atoms. The molecular weight excluding hydrogens is 264 g/mol. The summed E-state index contributed by atoms with van der Waals surface area (Å²) < 4.78 is 0. The zero-order valence-electron chi connectivity index (χ0n) is 9.71. The van der Waals surface area contributed by atoms with Crippen LogP contribution in [-0.4, -0.2) is 20.1 Å². The van der Waals surface area contributed by atoms with Gasteiger partial charge in [0.15, 0.2) is 5.65 Å². The van der Waals surface area contributed by atoms with Gasteiger partial charge >= 0.3 is 0 Å². The Bertz CT molecular complexity index is 742. The lowest BCUT2D eigenvalue weighted by molar-refractivity contribution is 0.478. The van der Waals surface area contributed by atoms with Crippen molar-refractivity contribution in [3.63, 3.8) is 0 Å². The van der Waals surface area contributed by atoms with Crippen LogP contribution in [0, 0.1) is 0 Å². The van der Waals surface area contributed by atoms with E-state index in [1.165, 1.54) is 12.4 Å². The molecule has 0 fully saturated rings. The fourth-order valence-electron chi connectivity index (χ4n) is 1.73. The monoisotopic (exact) mass is 272 g/mol. The number of benzene rings is 1. The van der Waals surface area contributed by atoms with Crippen molar-refractivity contribution in [2.24, 2.45) is 0 Å². The average molecular weight is 273 g/mol. The first-order valence-electron chi connectivity index (χ1n) is 5.55. The maximum absolute atomic E-state index is 9.79. The highest BCUT2D eigenvalue weighted by molar-refractivity contribution is 6.31. The zero-order chi connectivity index (χ0) is 13.2. The van der Waals surface area contributed by atoms with Crippen LogP contribution in [0.2, 0.25) is 5.02 Å². The highest BCUT2D eigenvalue weighted by atomic mass is 35.5. The van der Waals surface area contributed by atoms with Gasteiger partial charge < -0.3 is 10.4 Å². The third kappa shape index (κ3) is 2.28. The van der Waals surface area contributed by atoms with Crippen molar-refractivity contribution in [1.29, 1.82) is 0 Å².